The van der Waals surface area contributed by atoms with Crippen LogP contribution in [0.1, 0.15) is 5.56 Å². The molecule has 0 unspecified atom stereocenters. The first kappa shape index (κ1) is 10.9. The van der Waals surface area contributed by atoms with Crippen LogP contribution in [0.25, 0.3) is 21.5 Å². The fourth-order valence-corrected chi connectivity index (χ4v) is 3.31. The third-order valence-corrected chi connectivity index (χ3v) is 4.19. The van der Waals surface area contributed by atoms with Crippen LogP contribution in [0.4, 0.5) is 0 Å². The Kier molecular flexibility index (Phi) is 2.93. The molecule has 3 rings (SSSR count). The molecule has 0 aliphatic carbocycles. The summed E-state index contributed by atoms with van der Waals surface area (Å²) in [5.74, 6) is 0. The van der Waals surface area contributed by atoms with Gasteiger partial charge in [-0.3, -0.25) is 0 Å². The summed E-state index contributed by atoms with van der Waals surface area (Å²) in [5.41, 5.74) is 3.59. The van der Waals surface area contributed by atoms with Crippen molar-refractivity contribution in [3.05, 3.63) is 39.9 Å². The van der Waals surface area contributed by atoms with E-state index in [4.69, 9.17) is 4.98 Å². The highest BCUT2D eigenvalue weighted by Crippen LogP contribution is 2.29. The fourth-order valence-electron chi connectivity index (χ4n) is 1.92. The molecule has 0 aromatic carbocycles. The highest BCUT2D eigenvalue weighted by atomic mass is 32.1. The topological polar surface area (TPSA) is 24.9 Å². The van der Waals surface area contributed by atoms with Gasteiger partial charge in [-0.2, -0.15) is 11.3 Å². The van der Waals surface area contributed by atoms with E-state index < -0.39 is 0 Å². The van der Waals surface area contributed by atoms with Gasteiger partial charge in [0, 0.05) is 22.9 Å². The number of pyridine rings is 1. The highest BCUT2D eigenvalue weighted by Gasteiger charge is 2.09. The largest absolute Gasteiger partial charge is 0.316 e. The molecule has 0 saturated carbocycles. The molecular weight excluding hydrogens is 248 g/mol. The summed E-state index contributed by atoms with van der Waals surface area (Å²) in [7, 11) is 1.97. The van der Waals surface area contributed by atoms with E-state index in [1.54, 1.807) is 22.7 Å². The Morgan fingerprint density at radius 1 is 1.29 bits per heavy atom. The molecule has 0 spiro atoms. The number of nitrogens with zero attached hydrogens (tertiary/aromatic N) is 1. The quantitative estimate of drug-likeness (QED) is 0.776. The molecule has 0 fully saturated rings. The standard InChI is InChI=1S/C13H12N2S2/c1-14-7-11-6-9-3-5-17-13(9)15-12(11)10-2-4-16-8-10/h2-6,8,14H,7H2,1H3. The predicted molar refractivity (Wildman–Crippen MR) is 75.7 cm³/mol. The van der Waals surface area contributed by atoms with Crippen LogP contribution in [0.3, 0.4) is 0 Å². The normalized spacial score (nSPS) is 11.1. The minimum absolute atomic E-state index is 0.851. The van der Waals surface area contributed by atoms with Gasteiger partial charge in [-0.05, 0) is 41.6 Å². The van der Waals surface area contributed by atoms with Gasteiger partial charge in [0.05, 0.1) is 5.69 Å². The van der Waals surface area contributed by atoms with Crippen molar-refractivity contribution >= 4 is 32.9 Å². The van der Waals surface area contributed by atoms with Gasteiger partial charge in [0.1, 0.15) is 4.83 Å². The van der Waals surface area contributed by atoms with E-state index in [0.29, 0.717) is 0 Å². The molecule has 3 heterocycles. The number of nitrogens with one attached hydrogen (secondary N) is 1. The molecule has 86 valence electrons. The summed E-state index contributed by atoms with van der Waals surface area (Å²) in [4.78, 5) is 5.90. The van der Waals surface area contributed by atoms with Crippen molar-refractivity contribution in [1.29, 1.82) is 0 Å². The summed E-state index contributed by atoms with van der Waals surface area (Å²) in [6.45, 7) is 0.851. The second-order valence-electron chi connectivity index (χ2n) is 3.85. The van der Waals surface area contributed by atoms with Crippen molar-refractivity contribution < 1.29 is 0 Å². The van der Waals surface area contributed by atoms with E-state index in [1.165, 1.54) is 16.5 Å². The van der Waals surface area contributed by atoms with Gasteiger partial charge in [-0.1, -0.05) is 0 Å². The number of hydrogen-bond acceptors (Lipinski definition) is 4. The number of hydrogen-bond donors (Lipinski definition) is 1. The van der Waals surface area contributed by atoms with Crippen molar-refractivity contribution in [2.75, 3.05) is 7.05 Å². The molecule has 1 N–H and O–H groups in total. The van der Waals surface area contributed by atoms with E-state index in [2.05, 4.69) is 39.7 Å². The van der Waals surface area contributed by atoms with Crippen molar-refractivity contribution in [3.63, 3.8) is 0 Å². The second-order valence-corrected chi connectivity index (χ2v) is 5.53. The number of aromatic nitrogens is 1. The molecule has 0 amide bonds. The first-order valence-electron chi connectivity index (χ1n) is 5.43. The van der Waals surface area contributed by atoms with Crippen LogP contribution in [0.5, 0.6) is 0 Å². The molecule has 0 radical (unpaired) electrons. The first-order valence-corrected chi connectivity index (χ1v) is 7.25. The van der Waals surface area contributed by atoms with Crippen LogP contribution in [-0.2, 0) is 6.54 Å². The van der Waals surface area contributed by atoms with Crippen LogP contribution >= 0.6 is 22.7 Å². The van der Waals surface area contributed by atoms with E-state index in [1.807, 2.05) is 7.05 Å². The van der Waals surface area contributed by atoms with Crippen molar-refractivity contribution in [3.8, 4) is 11.3 Å². The Morgan fingerprint density at radius 3 is 3.00 bits per heavy atom. The highest BCUT2D eigenvalue weighted by molar-refractivity contribution is 7.16. The summed E-state index contributed by atoms with van der Waals surface area (Å²) in [6.07, 6.45) is 0. The predicted octanol–water partition coefficient (Wildman–Crippen LogP) is 3.74. The van der Waals surface area contributed by atoms with Gasteiger partial charge in [0.15, 0.2) is 0 Å². The lowest BCUT2D eigenvalue weighted by Gasteiger charge is -2.07. The molecule has 3 aromatic rings. The van der Waals surface area contributed by atoms with Gasteiger partial charge in [-0.15, -0.1) is 11.3 Å². The second kappa shape index (κ2) is 4.56. The Morgan fingerprint density at radius 2 is 2.24 bits per heavy atom. The maximum atomic E-state index is 4.78. The Hall–Kier alpha value is -1.23. The zero-order chi connectivity index (χ0) is 11.7. The SMILES string of the molecule is CNCc1cc2ccsc2nc1-c1ccsc1. The lowest BCUT2D eigenvalue weighted by molar-refractivity contribution is 0.817. The average molecular weight is 260 g/mol. The monoisotopic (exact) mass is 260 g/mol. The van der Waals surface area contributed by atoms with Crippen LogP contribution in [-0.4, -0.2) is 12.0 Å². The number of thiophene rings is 2. The first-order chi connectivity index (χ1) is 8.38. The third-order valence-electron chi connectivity index (χ3n) is 2.68. The lowest BCUT2D eigenvalue weighted by atomic mass is 10.1. The third kappa shape index (κ3) is 1.99. The molecule has 0 aliphatic rings. The van der Waals surface area contributed by atoms with Crippen LogP contribution in [0.2, 0.25) is 0 Å². The van der Waals surface area contributed by atoms with Gasteiger partial charge in [0.2, 0.25) is 0 Å². The van der Waals surface area contributed by atoms with Gasteiger partial charge in [0.25, 0.3) is 0 Å². The molecule has 0 saturated heterocycles. The summed E-state index contributed by atoms with van der Waals surface area (Å²) >= 11 is 3.41. The lowest BCUT2D eigenvalue weighted by Crippen LogP contribution is -2.07. The van der Waals surface area contributed by atoms with Crippen molar-refractivity contribution in [2.45, 2.75) is 6.54 Å². The molecule has 2 nitrogen and oxygen atoms in total. The van der Waals surface area contributed by atoms with Crippen LogP contribution < -0.4 is 5.32 Å². The van der Waals surface area contributed by atoms with Gasteiger partial charge in [-0.25, -0.2) is 4.98 Å². The van der Waals surface area contributed by atoms with Crippen LogP contribution in [0.15, 0.2) is 34.3 Å². The minimum Gasteiger partial charge on any atom is -0.316 e. The molecule has 3 aromatic heterocycles. The molecule has 17 heavy (non-hydrogen) atoms. The zero-order valence-corrected chi connectivity index (χ0v) is 11.1. The molecule has 4 heteroatoms. The van der Waals surface area contributed by atoms with Crippen molar-refractivity contribution in [2.24, 2.45) is 0 Å². The van der Waals surface area contributed by atoms with Crippen LogP contribution in [0, 0.1) is 0 Å². The summed E-state index contributed by atoms with van der Waals surface area (Å²) in [5, 5.41) is 10.8. The Balaban J connectivity index is 2.22. The van der Waals surface area contributed by atoms with E-state index in [-0.39, 0.29) is 0 Å². The maximum Gasteiger partial charge on any atom is 0.123 e. The zero-order valence-electron chi connectivity index (χ0n) is 9.43. The molecule has 0 atom stereocenters. The number of fused-ring (bicyclic) bond motifs is 1. The van der Waals surface area contributed by atoms with E-state index in [0.717, 1.165) is 17.1 Å². The smallest absolute Gasteiger partial charge is 0.123 e. The van der Waals surface area contributed by atoms with Crippen molar-refractivity contribution in [1.82, 2.24) is 10.3 Å². The fraction of sp³-hybridized carbons (Fsp3) is 0.154. The summed E-state index contributed by atoms with van der Waals surface area (Å²) in [6, 6.07) is 6.50. The average Bonchev–Trinajstić information content (AvgIpc) is 2.98. The summed E-state index contributed by atoms with van der Waals surface area (Å²) < 4.78 is 0. The molecular formula is C13H12N2S2. The Labute approximate surface area is 108 Å². The maximum absolute atomic E-state index is 4.78. The minimum atomic E-state index is 0.851. The molecule has 0 aliphatic heterocycles. The Bertz CT molecular complexity index is 626. The number of rotatable bonds is 3. The van der Waals surface area contributed by atoms with Gasteiger partial charge < -0.3 is 5.32 Å². The molecule has 0 bridgehead atoms. The van der Waals surface area contributed by atoms with E-state index >= 15 is 0 Å². The van der Waals surface area contributed by atoms with E-state index in [9.17, 15) is 0 Å². The van der Waals surface area contributed by atoms with Gasteiger partial charge >= 0.3 is 0 Å².